The van der Waals surface area contributed by atoms with Crippen LogP contribution in [0.3, 0.4) is 0 Å². The third-order valence-corrected chi connectivity index (χ3v) is 3.35. The van der Waals surface area contributed by atoms with E-state index in [1.54, 1.807) is 6.08 Å². The second kappa shape index (κ2) is 17.7. The highest BCUT2D eigenvalue weighted by Gasteiger charge is 1.94. The molecule has 0 radical (unpaired) electrons. The van der Waals surface area contributed by atoms with Crippen LogP contribution in [0.1, 0.15) is 57.8 Å². The summed E-state index contributed by atoms with van der Waals surface area (Å²) in [5, 5.41) is 26.9. The van der Waals surface area contributed by atoms with Crippen LogP contribution in [0.25, 0.3) is 0 Å². The summed E-state index contributed by atoms with van der Waals surface area (Å²) in [6.45, 7) is 0.265. The van der Waals surface area contributed by atoms with Crippen molar-refractivity contribution >= 4 is 5.97 Å². The van der Waals surface area contributed by atoms with Gasteiger partial charge in [0, 0.05) is 13.0 Å². The van der Waals surface area contributed by atoms with Gasteiger partial charge in [0.15, 0.2) is 0 Å². The van der Waals surface area contributed by atoms with Crippen LogP contribution in [0.4, 0.5) is 0 Å². The molecule has 136 valence electrons. The van der Waals surface area contributed by atoms with E-state index in [1.165, 1.54) is 0 Å². The van der Waals surface area contributed by atoms with Crippen molar-refractivity contribution in [3.05, 3.63) is 48.6 Å². The third-order valence-electron chi connectivity index (χ3n) is 3.35. The van der Waals surface area contributed by atoms with Crippen molar-refractivity contribution in [1.82, 2.24) is 0 Å². The lowest BCUT2D eigenvalue weighted by molar-refractivity contribution is -0.137. The Morgan fingerprint density at radius 2 is 1.62 bits per heavy atom. The van der Waals surface area contributed by atoms with Crippen molar-refractivity contribution in [3.8, 4) is 0 Å². The van der Waals surface area contributed by atoms with Gasteiger partial charge in [-0.2, -0.15) is 0 Å². The van der Waals surface area contributed by atoms with Gasteiger partial charge in [0.2, 0.25) is 0 Å². The molecule has 4 heteroatoms. The molecule has 0 aromatic rings. The first-order valence-corrected chi connectivity index (χ1v) is 8.81. The summed E-state index contributed by atoms with van der Waals surface area (Å²) in [6.07, 6.45) is 22.2. The number of carboxylic acid groups (broad SMARTS) is 1. The number of rotatable bonds is 15. The fourth-order valence-electron chi connectivity index (χ4n) is 2.00. The van der Waals surface area contributed by atoms with Gasteiger partial charge in [-0.05, 0) is 44.9 Å². The highest BCUT2D eigenvalue weighted by atomic mass is 16.4. The lowest BCUT2D eigenvalue weighted by atomic mass is 10.1. The molecule has 0 heterocycles. The molecule has 0 fully saturated rings. The molecule has 0 unspecified atom stereocenters. The number of hydrogen-bond acceptors (Lipinski definition) is 3. The van der Waals surface area contributed by atoms with Crippen LogP contribution in [0.2, 0.25) is 0 Å². The molecule has 4 nitrogen and oxygen atoms in total. The van der Waals surface area contributed by atoms with Gasteiger partial charge in [-0.15, -0.1) is 0 Å². The Kier molecular flexibility index (Phi) is 16.5. The standard InChI is InChI=1S/C20H32O4/c21-18-14-10-6-5-8-12-16-19(22)15-11-7-3-1-2-4-9-13-17-20(23)24/h2-4,7-8,11-12,15,19,21-22H,1,5-6,9-10,13-14,16-18H2,(H,23,24)/b4-2+,7-3+,12-8-,15-11-/t19-/m1/s1. The van der Waals surface area contributed by atoms with E-state index in [1.807, 2.05) is 36.5 Å². The zero-order chi connectivity index (χ0) is 17.9. The predicted octanol–water partition coefficient (Wildman–Crippen LogP) is 4.16. The van der Waals surface area contributed by atoms with E-state index >= 15 is 0 Å². The van der Waals surface area contributed by atoms with E-state index in [9.17, 15) is 9.90 Å². The van der Waals surface area contributed by atoms with Gasteiger partial charge in [-0.25, -0.2) is 0 Å². The predicted molar refractivity (Wildman–Crippen MR) is 98.8 cm³/mol. The summed E-state index contributed by atoms with van der Waals surface area (Å²) in [5.74, 6) is -0.747. The molecule has 0 aliphatic rings. The Bertz CT molecular complexity index is 408. The largest absolute Gasteiger partial charge is 0.481 e. The van der Waals surface area contributed by atoms with Crippen molar-refractivity contribution in [1.29, 1.82) is 0 Å². The Labute approximate surface area is 145 Å². The summed E-state index contributed by atoms with van der Waals surface area (Å²) < 4.78 is 0. The normalized spacial score (nSPS) is 13.8. The minimum Gasteiger partial charge on any atom is -0.481 e. The second-order valence-corrected chi connectivity index (χ2v) is 5.65. The number of aliphatic carboxylic acids is 1. The molecule has 0 spiro atoms. The van der Waals surface area contributed by atoms with Gasteiger partial charge >= 0.3 is 5.97 Å². The van der Waals surface area contributed by atoms with Crippen LogP contribution in [-0.4, -0.2) is 34.0 Å². The molecule has 0 saturated heterocycles. The monoisotopic (exact) mass is 336 g/mol. The summed E-state index contributed by atoms with van der Waals surface area (Å²) in [4.78, 5) is 10.3. The van der Waals surface area contributed by atoms with Gasteiger partial charge < -0.3 is 15.3 Å². The van der Waals surface area contributed by atoms with Gasteiger partial charge in [0.05, 0.1) is 6.10 Å². The minimum atomic E-state index is -0.747. The Balaban J connectivity index is 3.61. The summed E-state index contributed by atoms with van der Waals surface area (Å²) in [6, 6.07) is 0. The number of carbonyl (C=O) groups is 1. The van der Waals surface area contributed by atoms with E-state index in [-0.39, 0.29) is 13.0 Å². The average Bonchev–Trinajstić information content (AvgIpc) is 2.55. The number of allylic oxidation sites excluding steroid dienone is 6. The van der Waals surface area contributed by atoms with Crippen LogP contribution < -0.4 is 0 Å². The first kappa shape index (κ1) is 22.4. The Hall–Kier alpha value is -1.65. The molecule has 0 rings (SSSR count). The van der Waals surface area contributed by atoms with Gasteiger partial charge in [-0.3, -0.25) is 4.79 Å². The van der Waals surface area contributed by atoms with Crippen molar-refractivity contribution in [2.75, 3.05) is 6.61 Å². The zero-order valence-corrected chi connectivity index (χ0v) is 14.5. The fraction of sp³-hybridized carbons (Fsp3) is 0.550. The highest BCUT2D eigenvalue weighted by molar-refractivity contribution is 5.66. The van der Waals surface area contributed by atoms with Gasteiger partial charge in [0.1, 0.15) is 0 Å². The molecular formula is C20H32O4. The molecule has 0 aromatic carbocycles. The van der Waals surface area contributed by atoms with Gasteiger partial charge in [-0.1, -0.05) is 55.0 Å². The topological polar surface area (TPSA) is 77.8 Å². The molecule has 0 aliphatic heterocycles. The number of aliphatic hydroxyl groups is 2. The maximum atomic E-state index is 10.3. The van der Waals surface area contributed by atoms with E-state index in [0.29, 0.717) is 12.8 Å². The fourth-order valence-corrected chi connectivity index (χ4v) is 2.00. The van der Waals surface area contributed by atoms with Crippen molar-refractivity contribution in [3.63, 3.8) is 0 Å². The van der Waals surface area contributed by atoms with Crippen molar-refractivity contribution in [2.24, 2.45) is 0 Å². The molecule has 1 atom stereocenters. The number of carboxylic acids is 1. The van der Waals surface area contributed by atoms with Crippen LogP contribution in [-0.2, 0) is 4.79 Å². The lowest BCUT2D eigenvalue weighted by Gasteiger charge is -1.99. The minimum absolute atomic E-state index is 0.220. The van der Waals surface area contributed by atoms with E-state index in [4.69, 9.17) is 10.2 Å². The molecular weight excluding hydrogens is 304 g/mol. The molecule has 0 aliphatic carbocycles. The van der Waals surface area contributed by atoms with Crippen LogP contribution >= 0.6 is 0 Å². The van der Waals surface area contributed by atoms with E-state index in [2.05, 4.69) is 6.08 Å². The van der Waals surface area contributed by atoms with Crippen LogP contribution in [0.5, 0.6) is 0 Å². The highest BCUT2D eigenvalue weighted by Crippen LogP contribution is 2.02. The zero-order valence-electron chi connectivity index (χ0n) is 14.5. The molecule has 0 saturated carbocycles. The second-order valence-electron chi connectivity index (χ2n) is 5.65. The third kappa shape index (κ3) is 18.4. The molecule has 3 N–H and O–H groups in total. The van der Waals surface area contributed by atoms with E-state index < -0.39 is 12.1 Å². The maximum absolute atomic E-state index is 10.3. The molecule has 24 heavy (non-hydrogen) atoms. The van der Waals surface area contributed by atoms with Gasteiger partial charge in [0.25, 0.3) is 0 Å². The van der Waals surface area contributed by atoms with Crippen LogP contribution in [0.15, 0.2) is 48.6 Å². The van der Waals surface area contributed by atoms with Crippen molar-refractivity contribution in [2.45, 2.75) is 63.9 Å². The summed E-state index contributed by atoms with van der Waals surface area (Å²) in [5.41, 5.74) is 0. The quantitative estimate of drug-likeness (QED) is 0.238. The summed E-state index contributed by atoms with van der Waals surface area (Å²) in [7, 11) is 0. The molecule has 0 bridgehead atoms. The SMILES string of the molecule is O=C(O)CCC/C=C/C/C=C/C=C\[C@@H](O)C/C=C\CCCCCO. The molecule has 0 amide bonds. The number of aliphatic hydroxyl groups excluding tert-OH is 2. The number of hydrogen-bond donors (Lipinski definition) is 3. The van der Waals surface area contributed by atoms with E-state index in [0.717, 1.165) is 38.5 Å². The first-order valence-electron chi connectivity index (χ1n) is 8.81. The Morgan fingerprint density at radius 1 is 0.875 bits per heavy atom. The first-order chi connectivity index (χ1) is 11.7. The maximum Gasteiger partial charge on any atom is 0.303 e. The lowest BCUT2D eigenvalue weighted by Crippen LogP contribution is -1.98. The summed E-state index contributed by atoms with van der Waals surface area (Å²) >= 11 is 0. The van der Waals surface area contributed by atoms with Crippen LogP contribution in [0, 0.1) is 0 Å². The van der Waals surface area contributed by atoms with Crippen molar-refractivity contribution < 1.29 is 20.1 Å². The average molecular weight is 336 g/mol. The number of unbranched alkanes of at least 4 members (excludes halogenated alkanes) is 4. The molecule has 0 aromatic heterocycles. The Morgan fingerprint density at radius 3 is 2.38 bits per heavy atom. The smallest absolute Gasteiger partial charge is 0.303 e.